The maximum Gasteiger partial charge on any atom is 0.255 e. The van der Waals surface area contributed by atoms with Crippen LogP contribution < -0.4 is 9.62 Å². The number of halogens is 3. The number of fused-ring (bicyclic) bond motifs is 6. The largest absolute Gasteiger partial charge is 0.455 e. The molecule has 260 valence electrons. The minimum absolute atomic E-state index is 0.175. The van der Waals surface area contributed by atoms with E-state index in [1.807, 2.05) is 9.30 Å². The first-order valence-corrected chi connectivity index (χ1v) is 18.0. The van der Waals surface area contributed by atoms with Crippen LogP contribution in [-0.4, -0.2) is 73.2 Å². The molecule has 1 N–H and O–H groups in total. The number of sulfonamides is 1. The Bertz CT molecular complexity index is 2660. The van der Waals surface area contributed by atoms with Gasteiger partial charge in [0.15, 0.2) is 0 Å². The Balaban J connectivity index is 1.39. The number of aromatic nitrogens is 3. The molecule has 10 nitrogen and oxygen atoms in total. The third-order valence-electron chi connectivity index (χ3n) is 9.48. The van der Waals surface area contributed by atoms with E-state index in [1.54, 1.807) is 36.4 Å². The first kappa shape index (κ1) is 32.7. The molecule has 14 heteroatoms. The number of hydrogen-bond acceptors (Lipinski definition) is 7. The number of hydrogen-bond donors (Lipinski definition) is 1. The topological polar surface area (TPSA) is 113 Å². The van der Waals surface area contributed by atoms with Crippen molar-refractivity contribution in [2.24, 2.45) is 0 Å². The van der Waals surface area contributed by atoms with Crippen LogP contribution in [0.4, 0.5) is 18.9 Å². The number of rotatable bonds is 7. The van der Waals surface area contributed by atoms with Crippen LogP contribution in [0.5, 0.6) is 0 Å². The molecule has 0 unspecified atom stereocenters. The second-order valence-electron chi connectivity index (χ2n) is 12.7. The van der Waals surface area contributed by atoms with Gasteiger partial charge in [0.1, 0.15) is 40.5 Å². The minimum Gasteiger partial charge on any atom is -0.455 e. The number of likely N-dealkylation sites (tertiary alicyclic amines) is 1. The maximum absolute atomic E-state index is 15.2. The van der Waals surface area contributed by atoms with Crippen molar-refractivity contribution in [1.29, 1.82) is 0 Å². The highest BCUT2D eigenvalue weighted by Gasteiger charge is 2.28. The van der Waals surface area contributed by atoms with Crippen LogP contribution in [0.1, 0.15) is 22.6 Å². The zero-order valence-electron chi connectivity index (χ0n) is 27.7. The number of nitrogens with one attached hydrogen (secondary N) is 1. The Morgan fingerprint density at radius 3 is 2.51 bits per heavy atom. The lowest BCUT2D eigenvalue weighted by atomic mass is 10.0. The van der Waals surface area contributed by atoms with Gasteiger partial charge in [-0.2, -0.15) is 0 Å². The van der Waals surface area contributed by atoms with Crippen molar-refractivity contribution < 1.29 is 30.8 Å². The van der Waals surface area contributed by atoms with Crippen LogP contribution in [0.2, 0.25) is 0 Å². The molecular formula is C37H31F3N6O4S. The van der Waals surface area contributed by atoms with Crippen molar-refractivity contribution in [2.75, 3.05) is 37.7 Å². The normalized spacial score (nSPS) is 15.5. The predicted octanol–water partition coefficient (Wildman–Crippen LogP) is 6.69. The van der Waals surface area contributed by atoms with E-state index in [4.69, 9.17) is 14.4 Å². The number of nitrogens with zero attached hydrogens (tertiary/aromatic N) is 5. The van der Waals surface area contributed by atoms with Gasteiger partial charge in [-0.1, -0.05) is 6.07 Å². The van der Waals surface area contributed by atoms with Crippen molar-refractivity contribution in [3.05, 3.63) is 95.8 Å². The van der Waals surface area contributed by atoms with E-state index >= 15 is 4.39 Å². The number of anilines is 1. The number of amides is 1. The van der Waals surface area contributed by atoms with E-state index in [9.17, 15) is 22.0 Å². The molecule has 1 aliphatic heterocycles. The molecule has 5 heterocycles. The average molecular weight is 713 g/mol. The summed E-state index contributed by atoms with van der Waals surface area (Å²) in [4.78, 5) is 25.3. The Morgan fingerprint density at radius 2 is 1.80 bits per heavy atom. The molecule has 0 spiro atoms. The Labute approximate surface area is 290 Å². The molecule has 0 radical (unpaired) electrons. The molecule has 1 fully saturated rings. The standard InChI is InChI=1S/C37H31F3N6O4S/c1-41-37(47)34-25-15-24(30(44(2)51(3,48)49)17-32(25)50-36(34)20-7-9-21(38)10-8-20)27-11-12-28-35(43-27)31-16-23-26(40)5-4-6-29(23)46(31)33(42-28)19-45-14-13-22(39)18-45/h4-12,15-17,22H,13-14,18-19H2,1-3H3,(H,41,47)/t22-/m1/s1. The molecule has 3 aromatic carbocycles. The molecule has 1 amide bonds. The Kier molecular flexibility index (Phi) is 7.76. The summed E-state index contributed by atoms with van der Waals surface area (Å²) in [5, 5.41) is 3.38. The first-order valence-electron chi connectivity index (χ1n) is 16.2. The molecule has 0 bridgehead atoms. The molecule has 51 heavy (non-hydrogen) atoms. The Hall–Kier alpha value is -5.47. The highest BCUT2D eigenvalue weighted by molar-refractivity contribution is 7.92. The van der Waals surface area contributed by atoms with E-state index < -0.39 is 33.7 Å². The molecule has 7 aromatic rings. The number of carbonyl (C=O) groups is 1. The van der Waals surface area contributed by atoms with Gasteiger partial charge in [-0.3, -0.25) is 18.4 Å². The fourth-order valence-electron chi connectivity index (χ4n) is 6.88. The summed E-state index contributed by atoms with van der Waals surface area (Å²) in [6, 6.07) is 18.6. The van der Waals surface area contributed by atoms with E-state index in [2.05, 4.69) is 5.32 Å². The summed E-state index contributed by atoms with van der Waals surface area (Å²) in [6.45, 7) is 1.19. The fourth-order valence-corrected chi connectivity index (χ4v) is 7.39. The van der Waals surface area contributed by atoms with Gasteiger partial charge < -0.3 is 9.73 Å². The molecule has 8 rings (SSSR count). The molecular weight excluding hydrogens is 682 g/mol. The maximum atomic E-state index is 15.2. The number of carbonyl (C=O) groups excluding carboxylic acids is 1. The third-order valence-corrected chi connectivity index (χ3v) is 10.7. The van der Waals surface area contributed by atoms with Crippen molar-refractivity contribution in [2.45, 2.75) is 19.1 Å². The van der Waals surface area contributed by atoms with Gasteiger partial charge in [-0.25, -0.2) is 31.6 Å². The van der Waals surface area contributed by atoms with Crippen molar-refractivity contribution >= 4 is 60.0 Å². The van der Waals surface area contributed by atoms with E-state index in [0.717, 1.165) is 10.6 Å². The lowest BCUT2D eigenvalue weighted by Gasteiger charge is -2.21. The van der Waals surface area contributed by atoms with Gasteiger partial charge in [-0.05, 0) is 67.1 Å². The second-order valence-corrected chi connectivity index (χ2v) is 14.8. The number of alkyl halides is 1. The number of pyridine rings is 1. The Morgan fingerprint density at radius 1 is 1.02 bits per heavy atom. The van der Waals surface area contributed by atoms with Crippen LogP contribution in [0.25, 0.3) is 61.0 Å². The van der Waals surface area contributed by atoms with E-state index in [0.29, 0.717) is 75.0 Å². The summed E-state index contributed by atoms with van der Waals surface area (Å²) in [5.41, 5.74) is 3.87. The molecule has 0 saturated carbocycles. The van der Waals surface area contributed by atoms with E-state index in [1.165, 1.54) is 50.5 Å². The summed E-state index contributed by atoms with van der Waals surface area (Å²) in [5.74, 6) is -0.567. The zero-order valence-corrected chi connectivity index (χ0v) is 28.6. The quantitative estimate of drug-likeness (QED) is 0.196. The van der Waals surface area contributed by atoms with Gasteiger partial charge in [-0.15, -0.1) is 0 Å². The number of furan rings is 1. The minimum atomic E-state index is -3.80. The van der Waals surface area contributed by atoms with Crippen LogP contribution in [0.15, 0.2) is 77.2 Å². The summed E-state index contributed by atoms with van der Waals surface area (Å²) >= 11 is 0. The van der Waals surface area contributed by atoms with Gasteiger partial charge in [0.05, 0.1) is 46.3 Å². The fraction of sp³-hybridized carbons (Fsp3) is 0.216. The average Bonchev–Trinajstić information content (AvgIpc) is 3.82. The van der Waals surface area contributed by atoms with Crippen molar-refractivity contribution in [3.8, 4) is 22.6 Å². The predicted molar refractivity (Wildman–Crippen MR) is 190 cm³/mol. The van der Waals surface area contributed by atoms with Crippen LogP contribution in [0, 0.1) is 11.6 Å². The number of benzene rings is 3. The molecule has 1 saturated heterocycles. The lowest BCUT2D eigenvalue weighted by Crippen LogP contribution is -2.25. The zero-order chi connectivity index (χ0) is 35.8. The smallest absolute Gasteiger partial charge is 0.255 e. The monoisotopic (exact) mass is 712 g/mol. The molecule has 1 atom stereocenters. The highest BCUT2D eigenvalue weighted by atomic mass is 32.2. The van der Waals surface area contributed by atoms with Crippen LogP contribution >= 0.6 is 0 Å². The SMILES string of the molecule is CNC(=O)c1c(-c2ccc(F)cc2)oc2cc(N(C)S(C)(=O)=O)c(-c3ccc4nc(CN5CC[C@@H](F)C5)n5c6cccc(F)c6cc5c4n3)cc12. The van der Waals surface area contributed by atoms with Crippen LogP contribution in [0.3, 0.4) is 0 Å². The summed E-state index contributed by atoms with van der Waals surface area (Å²) in [7, 11) is -0.925. The molecule has 1 aliphatic rings. The molecule has 4 aromatic heterocycles. The lowest BCUT2D eigenvalue weighted by molar-refractivity contribution is 0.0964. The summed E-state index contributed by atoms with van der Waals surface area (Å²) in [6.07, 6.45) is 0.575. The van der Waals surface area contributed by atoms with E-state index in [-0.39, 0.29) is 29.1 Å². The summed E-state index contributed by atoms with van der Waals surface area (Å²) < 4.78 is 78.2. The van der Waals surface area contributed by atoms with Gasteiger partial charge in [0, 0.05) is 55.2 Å². The van der Waals surface area contributed by atoms with Gasteiger partial charge in [0.25, 0.3) is 5.91 Å². The van der Waals surface area contributed by atoms with Gasteiger partial charge >= 0.3 is 0 Å². The third kappa shape index (κ3) is 5.54. The highest BCUT2D eigenvalue weighted by Crippen LogP contribution is 2.41. The van der Waals surface area contributed by atoms with Crippen molar-refractivity contribution in [3.63, 3.8) is 0 Å². The first-order chi connectivity index (χ1) is 24.4. The van der Waals surface area contributed by atoms with Gasteiger partial charge in [0.2, 0.25) is 10.0 Å². The van der Waals surface area contributed by atoms with Crippen molar-refractivity contribution in [1.82, 2.24) is 24.6 Å². The van der Waals surface area contributed by atoms with Crippen LogP contribution in [-0.2, 0) is 16.6 Å². The second kappa shape index (κ2) is 12.1. The molecule has 0 aliphatic carbocycles.